The van der Waals surface area contributed by atoms with E-state index in [1.54, 1.807) is 6.92 Å². The van der Waals surface area contributed by atoms with Gasteiger partial charge in [0.15, 0.2) is 0 Å². The summed E-state index contributed by atoms with van der Waals surface area (Å²) in [4.78, 5) is 24.7. The Morgan fingerprint density at radius 2 is 2.24 bits per heavy atom. The molecule has 0 unspecified atom stereocenters. The molecule has 0 aliphatic carbocycles. The molecule has 94 valence electrons. The van der Waals surface area contributed by atoms with Gasteiger partial charge in [0.2, 0.25) is 0 Å². The van der Waals surface area contributed by atoms with Crippen molar-refractivity contribution in [1.82, 2.24) is 4.98 Å². The number of carbonyl (C=O) groups is 1. The van der Waals surface area contributed by atoms with Crippen LogP contribution in [-0.4, -0.2) is 17.6 Å². The van der Waals surface area contributed by atoms with Crippen LogP contribution >= 0.6 is 15.9 Å². The number of alkyl halides is 2. The van der Waals surface area contributed by atoms with Crippen molar-refractivity contribution in [2.45, 2.75) is 19.8 Å². The van der Waals surface area contributed by atoms with Crippen LogP contribution in [0.2, 0.25) is 0 Å². The zero-order valence-electron chi connectivity index (χ0n) is 8.93. The average Bonchev–Trinajstić information content (AvgIpc) is 2.23. The maximum atomic E-state index is 12.7. The van der Waals surface area contributed by atoms with E-state index in [0.717, 1.165) is 0 Å². The number of rotatable bonds is 4. The van der Waals surface area contributed by atoms with Gasteiger partial charge in [0, 0.05) is 10.7 Å². The quantitative estimate of drug-likeness (QED) is 0.867. The Hall–Kier alpha value is -1.24. The number of carbonyl (C=O) groups excluding carboxylic acids is 1. The molecular weight excluding hydrogens is 300 g/mol. The number of aromatic nitrogens is 1. The van der Waals surface area contributed by atoms with Crippen LogP contribution in [0.4, 0.5) is 8.78 Å². The molecule has 17 heavy (non-hydrogen) atoms. The minimum absolute atomic E-state index is 0.0396. The minimum atomic E-state index is -2.94. The number of aromatic amines is 1. The number of esters is 1. The van der Waals surface area contributed by atoms with E-state index >= 15 is 0 Å². The predicted octanol–water partition coefficient (Wildman–Crippen LogP) is 2.18. The lowest BCUT2D eigenvalue weighted by molar-refractivity contribution is -0.142. The molecule has 1 aromatic rings. The molecule has 0 fully saturated rings. The van der Waals surface area contributed by atoms with Gasteiger partial charge < -0.3 is 9.72 Å². The molecule has 7 heteroatoms. The van der Waals surface area contributed by atoms with Gasteiger partial charge in [-0.25, -0.2) is 8.78 Å². The van der Waals surface area contributed by atoms with Crippen LogP contribution in [0, 0.1) is 0 Å². The Morgan fingerprint density at radius 3 is 2.76 bits per heavy atom. The SMILES string of the molecule is CCOC(=O)Cc1c(Br)c[nH]c(=O)c1C(F)F. The molecule has 0 spiro atoms. The zero-order chi connectivity index (χ0) is 13.0. The van der Waals surface area contributed by atoms with Crippen LogP contribution in [-0.2, 0) is 16.0 Å². The summed E-state index contributed by atoms with van der Waals surface area (Å²) >= 11 is 3.02. The third-order valence-corrected chi connectivity index (χ3v) is 2.74. The third kappa shape index (κ3) is 3.36. The van der Waals surface area contributed by atoms with Gasteiger partial charge in [-0.05, 0) is 28.4 Å². The first-order chi connectivity index (χ1) is 7.97. The summed E-state index contributed by atoms with van der Waals surface area (Å²) < 4.78 is 30.3. The fourth-order valence-electron chi connectivity index (χ4n) is 1.33. The molecule has 1 aromatic heterocycles. The highest BCUT2D eigenvalue weighted by molar-refractivity contribution is 9.10. The van der Waals surface area contributed by atoms with Crippen molar-refractivity contribution in [1.29, 1.82) is 0 Å². The Bertz CT molecular complexity index is 473. The van der Waals surface area contributed by atoms with Crippen molar-refractivity contribution >= 4 is 21.9 Å². The van der Waals surface area contributed by atoms with E-state index in [-0.39, 0.29) is 23.1 Å². The fourth-order valence-corrected chi connectivity index (χ4v) is 1.79. The molecule has 1 rings (SSSR count). The molecule has 1 N–H and O–H groups in total. The lowest BCUT2D eigenvalue weighted by atomic mass is 10.1. The van der Waals surface area contributed by atoms with E-state index in [9.17, 15) is 18.4 Å². The first kappa shape index (κ1) is 13.8. The molecule has 0 aliphatic heterocycles. The van der Waals surface area contributed by atoms with Crippen molar-refractivity contribution in [3.8, 4) is 0 Å². The van der Waals surface area contributed by atoms with E-state index in [0.29, 0.717) is 0 Å². The number of nitrogens with one attached hydrogen (secondary N) is 1. The Morgan fingerprint density at radius 1 is 1.59 bits per heavy atom. The molecule has 0 radical (unpaired) electrons. The van der Waals surface area contributed by atoms with Crippen LogP contribution < -0.4 is 5.56 Å². The van der Waals surface area contributed by atoms with Gasteiger partial charge in [-0.1, -0.05) is 0 Å². The Labute approximate surface area is 104 Å². The lowest BCUT2D eigenvalue weighted by Crippen LogP contribution is -2.19. The van der Waals surface area contributed by atoms with Crippen molar-refractivity contribution in [3.63, 3.8) is 0 Å². The number of halogens is 3. The molecule has 4 nitrogen and oxygen atoms in total. The monoisotopic (exact) mass is 309 g/mol. The summed E-state index contributed by atoms with van der Waals surface area (Å²) in [5.41, 5.74) is -1.64. The molecule has 0 saturated carbocycles. The molecule has 0 amide bonds. The van der Waals surface area contributed by atoms with Crippen LogP contribution in [0.5, 0.6) is 0 Å². The van der Waals surface area contributed by atoms with Crippen molar-refractivity contribution in [2.24, 2.45) is 0 Å². The summed E-state index contributed by atoms with van der Waals surface area (Å²) in [5.74, 6) is -0.652. The molecule has 0 bridgehead atoms. The van der Waals surface area contributed by atoms with Gasteiger partial charge in [-0.15, -0.1) is 0 Å². The summed E-state index contributed by atoms with van der Waals surface area (Å²) in [7, 11) is 0. The van der Waals surface area contributed by atoms with Crippen molar-refractivity contribution in [3.05, 3.63) is 32.2 Å². The number of hydrogen-bond acceptors (Lipinski definition) is 3. The molecule has 0 aliphatic rings. The molecule has 0 atom stereocenters. The molecule has 0 aromatic carbocycles. The first-order valence-electron chi connectivity index (χ1n) is 4.81. The van der Waals surface area contributed by atoms with Crippen LogP contribution in [0.1, 0.15) is 24.5 Å². The van der Waals surface area contributed by atoms with Gasteiger partial charge in [-0.3, -0.25) is 9.59 Å². The lowest BCUT2D eigenvalue weighted by Gasteiger charge is -2.09. The average molecular weight is 310 g/mol. The normalized spacial score (nSPS) is 10.6. The Balaban J connectivity index is 3.17. The number of H-pyrrole nitrogens is 1. The fraction of sp³-hybridized carbons (Fsp3) is 0.400. The summed E-state index contributed by atoms with van der Waals surface area (Å²) in [6, 6.07) is 0. The smallest absolute Gasteiger partial charge is 0.310 e. The van der Waals surface area contributed by atoms with Gasteiger partial charge in [0.05, 0.1) is 18.6 Å². The standard InChI is InChI=1S/C10H10BrF2NO3/c1-2-17-7(15)3-5-6(11)4-14-10(16)8(5)9(12)13/h4,9H,2-3H2,1H3,(H,14,16). The van der Waals surface area contributed by atoms with Gasteiger partial charge >= 0.3 is 5.97 Å². The van der Waals surface area contributed by atoms with E-state index in [4.69, 9.17) is 0 Å². The number of ether oxygens (including phenoxy) is 1. The molecular formula is C10H10BrF2NO3. The summed E-state index contributed by atoms with van der Waals surface area (Å²) in [6.07, 6.45) is -2.08. The molecule has 0 saturated heterocycles. The highest BCUT2D eigenvalue weighted by Gasteiger charge is 2.22. The Kier molecular flexibility index (Phi) is 4.80. The topological polar surface area (TPSA) is 59.2 Å². The van der Waals surface area contributed by atoms with Gasteiger partial charge in [0.25, 0.3) is 12.0 Å². The highest BCUT2D eigenvalue weighted by Crippen LogP contribution is 2.25. The van der Waals surface area contributed by atoms with Crippen LogP contribution in [0.25, 0.3) is 0 Å². The second kappa shape index (κ2) is 5.90. The van der Waals surface area contributed by atoms with E-state index in [1.165, 1.54) is 6.20 Å². The maximum Gasteiger partial charge on any atom is 0.310 e. The molecule has 1 heterocycles. The highest BCUT2D eigenvalue weighted by atomic mass is 79.9. The minimum Gasteiger partial charge on any atom is -0.466 e. The predicted molar refractivity (Wildman–Crippen MR) is 60.1 cm³/mol. The number of pyridine rings is 1. The second-order valence-electron chi connectivity index (χ2n) is 3.14. The first-order valence-corrected chi connectivity index (χ1v) is 5.60. The van der Waals surface area contributed by atoms with E-state index in [2.05, 4.69) is 25.7 Å². The van der Waals surface area contributed by atoms with Crippen molar-refractivity contribution in [2.75, 3.05) is 6.61 Å². The maximum absolute atomic E-state index is 12.7. The van der Waals surface area contributed by atoms with E-state index in [1.807, 2.05) is 0 Å². The van der Waals surface area contributed by atoms with Crippen LogP contribution in [0.15, 0.2) is 15.5 Å². The number of hydrogen-bond donors (Lipinski definition) is 1. The zero-order valence-corrected chi connectivity index (χ0v) is 10.5. The van der Waals surface area contributed by atoms with Crippen molar-refractivity contribution < 1.29 is 18.3 Å². The van der Waals surface area contributed by atoms with Crippen LogP contribution in [0.3, 0.4) is 0 Å². The largest absolute Gasteiger partial charge is 0.466 e. The van der Waals surface area contributed by atoms with E-state index < -0.39 is 23.5 Å². The van der Waals surface area contributed by atoms with Gasteiger partial charge in [0.1, 0.15) is 0 Å². The second-order valence-corrected chi connectivity index (χ2v) is 3.99. The summed E-state index contributed by atoms with van der Waals surface area (Å²) in [5, 5.41) is 0. The summed E-state index contributed by atoms with van der Waals surface area (Å²) in [6.45, 7) is 1.77. The third-order valence-electron chi connectivity index (χ3n) is 2.03. The van der Waals surface area contributed by atoms with Gasteiger partial charge in [-0.2, -0.15) is 0 Å².